The summed E-state index contributed by atoms with van der Waals surface area (Å²) in [4.78, 5) is 0. The Labute approximate surface area is 187 Å². The highest BCUT2D eigenvalue weighted by atomic mass is 14.9. The van der Waals surface area contributed by atoms with Gasteiger partial charge in [0.2, 0.25) is 0 Å². The molecule has 6 aromatic rings. The number of nitrogens with zero attached hydrogens (tertiary/aromatic N) is 1. The molecule has 0 N–H and O–H groups in total. The van der Waals surface area contributed by atoms with Gasteiger partial charge in [0, 0.05) is 22.9 Å². The molecule has 1 nitrogen and oxygen atoms in total. The lowest BCUT2D eigenvalue weighted by Gasteiger charge is -2.40. The summed E-state index contributed by atoms with van der Waals surface area (Å²) in [5.74, 6) is 0. The van der Waals surface area contributed by atoms with Gasteiger partial charge in [0.1, 0.15) is 0 Å². The van der Waals surface area contributed by atoms with Crippen LogP contribution in [-0.2, 0) is 11.8 Å². The second kappa shape index (κ2) is 6.34. The number of aromatic nitrogens is 1. The summed E-state index contributed by atoms with van der Waals surface area (Å²) < 4.78 is 2.55. The van der Waals surface area contributed by atoms with Gasteiger partial charge in [-0.15, -0.1) is 0 Å². The van der Waals surface area contributed by atoms with Crippen LogP contribution in [0.1, 0.15) is 27.9 Å². The summed E-state index contributed by atoms with van der Waals surface area (Å²) in [6.07, 6.45) is 0.950. The van der Waals surface area contributed by atoms with Crippen LogP contribution < -0.4 is 0 Å². The molecule has 7 rings (SSSR count). The number of rotatable bonds is 2. The van der Waals surface area contributed by atoms with Crippen LogP contribution in [0.2, 0.25) is 0 Å². The van der Waals surface area contributed by atoms with E-state index in [1.165, 1.54) is 55.1 Å². The summed E-state index contributed by atoms with van der Waals surface area (Å²) in [7, 11) is 0. The third kappa shape index (κ3) is 2.13. The van der Waals surface area contributed by atoms with Gasteiger partial charge in [-0.2, -0.15) is 0 Å². The Hall–Kier alpha value is -3.84. The minimum Gasteiger partial charge on any atom is -0.312 e. The number of aryl methyl sites for hydroxylation is 1. The third-order valence-corrected chi connectivity index (χ3v) is 7.50. The van der Waals surface area contributed by atoms with Crippen molar-refractivity contribution in [3.05, 3.63) is 137 Å². The van der Waals surface area contributed by atoms with Crippen molar-refractivity contribution < 1.29 is 0 Å². The maximum atomic E-state index is 2.55. The van der Waals surface area contributed by atoms with Crippen LogP contribution in [0.25, 0.3) is 27.2 Å². The molecule has 0 saturated heterocycles. The van der Waals surface area contributed by atoms with E-state index < -0.39 is 0 Å². The van der Waals surface area contributed by atoms with Crippen LogP contribution >= 0.6 is 0 Å². The van der Waals surface area contributed by atoms with Gasteiger partial charge in [-0.05, 0) is 40.6 Å². The van der Waals surface area contributed by atoms with Crippen molar-refractivity contribution >= 4 is 27.2 Å². The van der Waals surface area contributed by atoms with Crippen molar-refractivity contribution in [1.29, 1.82) is 0 Å². The molecule has 32 heavy (non-hydrogen) atoms. The molecule has 0 aliphatic carbocycles. The molecule has 0 bridgehead atoms. The van der Waals surface area contributed by atoms with Crippen molar-refractivity contribution in [1.82, 2.24) is 4.40 Å². The largest absolute Gasteiger partial charge is 0.312 e. The van der Waals surface area contributed by atoms with Gasteiger partial charge in [0.25, 0.3) is 0 Å². The standard InChI is InChI=1S/C31H23N/c1-21-19-28-25-16-9-8-15-24(25)26-17-10-18-27-30(26)32(28)29(21)20-31(27,22-11-4-2-5-12-22)23-13-6-3-7-14-23/h2-19H,20H2,1H3. The summed E-state index contributed by atoms with van der Waals surface area (Å²) >= 11 is 0. The Morgan fingerprint density at radius 1 is 0.625 bits per heavy atom. The van der Waals surface area contributed by atoms with Gasteiger partial charge >= 0.3 is 0 Å². The molecule has 1 aliphatic heterocycles. The van der Waals surface area contributed by atoms with Crippen molar-refractivity contribution in [2.24, 2.45) is 0 Å². The number of hydrogen-bond donors (Lipinski definition) is 0. The second-order valence-electron chi connectivity index (χ2n) is 9.06. The number of benzene rings is 4. The van der Waals surface area contributed by atoms with E-state index in [0.29, 0.717) is 0 Å². The zero-order valence-electron chi connectivity index (χ0n) is 18.0. The summed E-state index contributed by atoms with van der Waals surface area (Å²) in [5.41, 5.74) is 9.34. The summed E-state index contributed by atoms with van der Waals surface area (Å²) in [6.45, 7) is 2.28. The molecule has 0 amide bonds. The van der Waals surface area contributed by atoms with Gasteiger partial charge in [0.05, 0.1) is 16.4 Å². The molecule has 152 valence electrons. The SMILES string of the molecule is Cc1cc2c3ccccc3c3cccc4c3n2c1CC4(c1ccccc1)c1ccccc1. The van der Waals surface area contributed by atoms with Crippen molar-refractivity contribution in [2.45, 2.75) is 18.8 Å². The topological polar surface area (TPSA) is 4.41 Å². The average Bonchev–Trinajstić information content (AvgIpc) is 3.20. The first-order valence-electron chi connectivity index (χ1n) is 11.3. The van der Waals surface area contributed by atoms with Crippen LogP contribution in [0, 0.1) is 6.92 Å². The smallest absolute Gasteiger partial charge is 0.0582 e. The monoisotopic (exact) mass is 409 g/mol. The molecule has 0 atom stereocenters. The Morgan fingerprint density at radius 3 is 1.91 bits per heavy atom. The molecule has 4 aromatic carbocycles. The van der Waals surface area contributed by atoms with Crippen molar-refractivity contribution in [3.8, 4) is 0 Å². The zero-order valence-corrected chi connectivity index (χ0v) is 18.0. The quantitative estimate of drug-likeness (QED) is 0.262. The fourth-order valence-electron chi connectivity index (χ4n) is 6.11. The average molecular weight is 410 g/mol. The lowest BCUT2D eigenvalue weighted by Crippen LogP contribution is -2.36. The van der Waals surface area contributed by atoms with Crippen LogP contribution in [0.4, 0.5) is 0 Å². The van der Waals surface area contributed by atoms with Crippen LogP contribution in [0.15, 0.2) is 109 Å². The van der Waals surface area contributed by atoms with Gasteiger partial charge in [-0.25, -0.2) is 0 Å². The van der Waals surface area contributed by atoms with Gasteiger partial charge in [-0.1, -0.05) is 103 Å². The molecule has 0 spiro atoms. The van der Waals surface area contributed by atoms with E-state index >= 15 is 0 Å². The zero-order chi connectivity index (χ0) is 21.3. The predicted molar refractivity (Wildman–Crippen MR) is 134 cm³/mol. The third-order valence-electron chi connectivity index (χ3n) is 7.50. The predicted octanol–water partition coefficient (Wildman–Crippen LogP) is 7.44. The van der Waals surface area contributed by atoms with Crippen LogP contribution in [0.3, 0.4) is 0 Å². The highest BCUT2D eigenvalue weighted by Gasteiger charge is 2.42. The first-order chi connectivity index (χ1) is 15.8. The van der Waals surface area contributed by atoms with Crippen molar-refractivity contribution in [2.75, 3.05) is 0 Å². The Morgan fingerprint density at radius 2 is 1.22 bits per heavy atom. The fraction of sp³-hybridized carbons (Fsp3) is 0.0968. The number of hydrogen-bond acceptors (Lipinski definition) is 0. The summed E-state index contributed by atoms with van der Waals surface area (Å²) in [6, 6.07) is 40.3. The molecule has 3 heterocycles. The highest BCUT2D eigenvalue weighted by Crippen LogP contribution is 2.50. The van der Waals surface area contributed by atoms with Gasteiger partial charge in [-0.3, -0.25) is 0 Å². The van der Waals surface area contributed by atoms with E-state index in [-0.39, 0.29) is 5.41 Å². The minimum absolute atomic E-state index is 0.226. The van der Waals surface area contributed by atoms with Gasteiger partial charge < -0.3 is 4.40 Å². The van der Waals surface area contributed by atoms with E-state index in [1.807, 2.05) is 0 Å². The van der Waals surface area contributed by atoms with E-state index in [2.05, 4.69) is 121 Å². The maximum Gasteiger partial charge on any atom is 0.0582 e. The van der Waals surface area contributed by atoms with Crippen LogP contribution in [-0.4, -0.2) is 4.40 Å². The van der Waals surface area contributed by atoms with Crippen LogP contribution in [0.5, 0.6) is 0 Å². The highest BCUT2D eigenvalue weighted by molar-refractivity contribution is 6.14. The Bertz CT molecular complexity index is 1600. The maximum absolute atomic E-state index is 2.55. The first kappa shape index (κ1) is 17.8. The van der Waals surface area contributed by atoms with E-state index in [4.69, 9.17) is 0 Å². The lowest BCUT2D eigenvalue weighted by molar-refractivity contribution is 0.588. The van der Waals surface area contributed by atoms with E-state index in [1.54, 1.807) is 0 Å². The molecule has 0 radical (unpaired) electrons. The summed E-state index contributed by atoms with van der Waals surface area (Å²) in [5, 5.41) is 4.00. The lowest BCUT2D eigenvalue weighted by atomic mass is 9.65. The molecular formula is C31H23N. The fourth-order valence-corrected chi connectivity index (χ4v) is 6.11. The van der Waals surface area contributed by atoms with E-state index in [9.17, 15) is 0 Å². The number of para-hydroxylation sites is 1. The van der Waals surface area contributed by atoms with Crippen molar-refractivity contribution in [3.63, 3.8) is 0 Å². The molecule has 1 aliphatic rings. The Kier molecular flexibility index (Phi) is 3.52. The molecule has 0 fully saturated rings. The Balaban J connectivity index is 1.75. The minimum atomic E-state index is -0.226. The molecule has 1 heteroatoms. The molecule has 0 saturated carbocycles. The second-order valence-corrected chi connectivity index (χ2v) is 9.06. The first-order valence-corrected chi connectivity index (χ1v) is 11.3. The molecule has 2 aromatic heterocycles. The number of pyridine rings is 1. The molecular weight excluding hydrogens is 386 g/mol. The van der Waals surface area contributed by atoms with E-state index in [0.717, 1.165) is 6.42 Å². The van der Waals surface area contributed by atoms with Gasteiger partial charge in [0.15, 0.2) is 0 Å². The molecule has 0 unspecified atom stereocenters. The number of fused-ring (bicyclic) bond motifs is 3. The normalized spacial score (nSPS) is 14.5.